The smallest absolute Gasteiger partial charge is 1.00 e. The Morgan fingerprint density at radius 3 is 1.07 bits per heavy atom. The molecule has 0 saturated heterocycles. The molecule has 0 aromatic carbocycles. The quantitative estimate of drug-likeness (QED) is 0.548. The van der Waals surface area contributed by atoms with Crippen molar-refractivity contribution in [2.75, 3.05) is 0 Å². The second kappa shape index (κ2) is 9.25. The van der Waals surface area contributed by atoms with Crippen molar-refractivity contribution in [1.82, 2.24) is 0 Å². The van der Waals surface area contributed by atoms with E-state index in [0.29, 0.717) is 0 Å². The molecule has 0 N–H and O–H groups in total. The predicted molar refractivity (Wildman–Crippen MR) is 55.5 cm³/mol. The zero-order valence-electron chi connectivity index (χ0n) is 11.5. The van der Waals surface area contributed by atoms with Gasteiger partial charge in [0.05, 0.1) is 0 Å². The monoisotopic (exact) mass is 212 g/mol. The normalized spacial score (nSPS) is 10.9. The molecule has 0 aromatic rings. The summed E-state index contributed by atoms with van der Waals surface area (Å²) >= 11 is -1.91. The van der Waals surface area contributed by atoms with Crippen LogP contribution in [0.1, 0.15) is 43.0 Å². The summed E-state index contributed by atoms with van der Waals surface area (Å²) in [5, 5.41) is 0. The molecule has 0 rings (SSSR count). The largest absolute Gasteiger partial charge is 1.00 e. The Morgan fingerprint density at radius 2 is 0.929 bits per heavy atom. The van der Waals surface area contributed by atoms with Gasteiger partial charge in [0.2, 0.25) is 0 Å². The van der Waals surface area contributed by atoms with Crippen LogP contribution >= 0.6 is 0 Å². The number of hydrogen-bond donors (Lipinski definition) is 0. The Morgan fingerprint density at radius 1 is 0.714 bits per heavy atom. The number of hydrogen-bond acceptors (Lipinski definition) is 3. The summed E-state index contributed by atoms with van der Waals surface area (Å²) in [6.07, 6.45) is 0.525. The van der Waals surface area contributed by atoms with Crippen LogP contribution in [-0.2, 0) is 11.4 Å². The summed E-state index contributed by atoms with van der Waals surface area (Å²) in [7, 11) is 0. The van der Waals surface area contributed by atoms with E-state index in [1.165, 1.54) is 0 Å². The first-order valence-corrected chi connectivity index (χ1v) is 6.29. The minimum Gasteiger partial charge on any atom is -1.00 e. The second-order valence-corrected chi connectivity index (χ2v) is 5.24. The van der Waals surface area contributed by atoms with Gasteiger partial charge < -0.3 is 12.8 Å². The van der Waals surface area contributed by atoms with Gasteiger partial charge >= 0.3 is 34.0 Å². The Labute approximate surface area is 107 Å². The molecular formula is C9H22AlLiO3. The van der Waals surface area contributed by atoms with Crippen molar-refractivity contribution < 1.29 is 31.7 Å². The summed E-state index contributed by atoms with van der Waals surface area (Å²) < 4.78 is 16.7. The zero-order chi connectivity index (χ0) is 10.4. The molecule has 0 atom stereocenters. The molecule has 0 aliphatic rings. The van der Waals surface area contributed by atoms with Crippen LogP contribution in [0.2, 0.25) is 0 Å². The van der Waals surface area contributed by atoms with Gasteiger partial charge in [-0.3, -0.25) is 0 Å². The fourth-order valence-electron chi connectivity index (χ4n) is 0.763. The second-order valence-electron chi connectivity index (χ2n) is 3.84. The van der Waals surface area contributed by atoms with Crippen molar-refractivity contribution in [2.24, 2.45) is 0 Å². The molecule has 0 spiro atoms. The summed E-state index contributed by atoms with van der Waals surface area (Å²) in [5.41, 5.74) is 0. The first kappa shape index (κ1) is 17.4. The van der Waals surface area contributed by atoms with E-state index in [0.717, 1.165) is 0 Å². The summed E-state index contributed by atoms with van der Waals surface area (Å²) in [6, 6.07) is 0. The van der Waals surface area contributed by atoms with Gasteiger partial charge in [-0.2, -0.15) is 0 Å². The van der Waals surface area contributed by atoms with E-state index in [9.17, 15) is 0 Å². The fraction of sp³-hybridized carbons (Fsp3) is 1.00. The van der Waals surface area contributed by atoms with Crippen LogP contribution in [0.4, 0.5) is 0 Å². The van der Waals surface area contributed by atoms with Crippen molar-refractivity contribution in [3.05, 3.63) is 0 Å². The van der Waals surface area contributed by atoms with Gasteiger partial charge in [-0.1, -0.05) is 0 Å². The van der Waals surface area contributed by atoms with E-state index in [2.05, 4.69) is 0 Å². The van der Waals surface area contributed by atoms with Crippen molar-refractivity contribution in [1.29, 1.82) is 0 Å². The molecule has 5 heteroatoms. The fourth-order valence-corrected chi connectivity index (χ4v) is 2.29. The molecule has 80 valence electrons. The molecule has 0 aliphatic carbocycles. The molecule has 0 bridgehead atoms. The zero-order valence-corrected chi connectivity index (χ0v) is 11.7. The van der Waals surface area contributed by atoms with E-state index < -0.39 is 15.1 Å². The van der Waals surface area contributed by atoms with Crippen molar-refractivity contribution >= 4 is 15.1 Å². The Balaban J connectivity index is -0.000000720. The molecule has 0 heterocycles. The summed E-state index contributed by atoms with van der Waals surface area (Å²) in [6.45, 7) is 12.0. The van der Waals surface area contributed by atoms with E-state index in [4.69, 9.17) is 11.4 Å². The van der Waals surface area contributed by atoms with Gasteiger partial charge in [0, 0.05) is 18.3 Å². The van der Waals surface area contributed by atoms with Gasteiger partial charge in [-0.05, 0) is 41.5 Å². The van der Waals surface area contributed by atoms with E-state index in [-0.39, 0.29) is 38.6 Å². The van der Waals surface area contributed by atoms with Crippen molar-refractivity contribution in [2.45, 2.75) is 59.9 Å². The predicted octanol–water partition coefficient (Wildman–Crippen LogP) is -0.637. The van der Waals surface area contributed by atoms with Crippen LogP contribution in [0.25, 0.3) is 0 Å². The molecule has 0 aliphatic heterocycles. The average Bonchev–Trinajstić information content (AvgIpc) is 1.80. The third-order valence-electron chi connectivity index (χ3n) is 1.15. The third-order valence-corrected chi connectivity index (χ3v) is 3.45. The minimum absolute atomic E-state index is 0. The number of rotatable bonds is 6. The SMILES string of the molecule is CC(C)[O][Al]([O]C(C)C)[O]C(C)C.[H-].[Li+]. The van der Waals surface area contributed by atoms with Crippen LogP contribution in [0.5, 0.6) is 0 Å². The molecular weight excluding hydrogens is 190 g/mol. The molecule has 0 unspecified atom stereocenters. The first-order chi connectivity index (χ1) is 5.91. The molecule has 0 fully saturated rings. The Bertz CT molecular complexity index is 113. The molecule has 0 amide bonds. The first-order valence-electron chi connectivity index (χ1n) is 4.88. The van der Waals surface area contributed by atoms with Gasteiger partial charge in [0.15, 0.2) is 0 Å². The summed E-state index contributed by atoms with van der Waals surface area (Å²) in [5.74, 6) is 0. The van der Waals surface area contributed by atoms with Crippen molar-refractivity contribution in [3.63, 3.8) is 0 Å². The molecule has 3 nitrogen and oxygen atoms in total. The van der Waals surface area contributed by atoms with Crippen LogP contribution in [-0.4, -0.2) is 33.5 Å². The molecule has 0 saturated carbocycles. The van der Waals surface area contributed by atoms with Crippen LogP contribution in [0, 0.1) is 0 Å². The van der Waals surface area contributed by atoms with Gasteiger partial charge in [-0.15, -0.1) is 0 Å². The Hall–Kier alpha value is 1.01. The Kier molecular flexibility index (Phi) is 11.5. The van der Waals surface area contributed by atoms with Gasteiger partial charge in [0.1, 0.15) is 0 Å². The standard InChI is InChI=1S/3C3H7O.Al.Li.H/c3*1-3(2)4;;;/h3*3H,1-2H3;;;/q3*-1;+3;+1;-1. The maximum atomic E-state index is 5.57. The average molecular weight is 212 g/mol. The third kappa shape index (κ3) is 11.1. The van der Waals surface area contributed by atoms with Crippen LogP contribution < -0.4 is 18.9 Å². The van der Waals surface area contributed by atoms with E-state index in [1.54, 1.807) is 0 Å². The van der Waals surface area contributed by atoms with E-state index in [1.807, 2.05) is 41.5 Å². The van der Waals surface area contributed by atoms with Gasteiger partial charge in [-0.25, -0.2) is 0 Å². The molecule has 0 aromatic heterocycles. The maximum absolute atomic E-state index is 5.57. The van der Waals surface area contributed by atoms with E-state index >= 15 is 0 Å². The minimum atomic E-state index is -1.91. The summed E-state index contributed by atoms with van der Waals surface area (Å²) in [4.78, 5) is 0. The topological polar surface area (TPSA) is 27.7 Å². The maximum Gasteiger partial charge on any atom is 1.00 e. The molecule has 14 heavy (non-hydrogen) atoms. The molecule has 0 radical (unpaired) electrons. The van der Waals surface area contributed by atoms with Crippen LogP contribution in [0.3, 0.4) is 0 Å². The van der Waals surface area contributed by atoms with Gasteiger partial charge in [0.25, 0.3) is 0 Å². The van der Waals surface area contributed by atoms with Crippen molar-refractivity contribution in [3.8, 4) is 0 Å². The van der Waals surface area contributed by atoms with Crippen LogP contribution in [0.15, 0.2) is 0 Å².